The fourth-order valence-corrected chi connectivity index (χ4v) is 1.07. The number of carbonyl (C=O) groups excluding carboxylic acids is 1. The van der Waals surface area contributed by atoms with Crippen LogP contribution >= 0.6 is 0 Å². The highest BCUT2D eigenvalue weighted by Crippen LogP contribution is 2.18. The molecule has 4 heteroatoms. The van der Waals surface area contributed by atoms with Gasteiger partial charge < -0.3 is 4.74 Å². The standard InChI is InChI=1S/C10H10N2O2/c1-14-10(12,7-11)9-4-2-3-8(5-9)6-13/h2-6H,12H2,1H3. The van der Waals surface area contributed by atoms with Gasteiger partial charge in [-0.25, -0.2) is 0 Å². The summed E-state index contributed by atoms with van der Waals surface area (Å²) in [4.78, 5) is 10.5. The van der Waals surface area contributed by atoms with Crippen LogP contribution in [0.5, 0.6) is 0 Å². The minimum atomic E-state index is -1.49. The van der Waals surface area contributed by atoms with E-state index in [1.165, 1.54) is 13.2 Å². The van der Waals surface area contributed by atoms with Crippen molar-refractivity contribution in [1.82, 2.24) is 0 Å². The van der Waals surface area contributed by atoms with Crippen molar-refractivity contribution in [2.45, 2.75) is 5.72 Å². The Morgan fingerprint density at radius 3 is 2.86 bits per heavy atom. The Balaban J connectivity index is 3.19. The van der Waals surface area contributed by atoms with Crippen molar-refractivity contribution in [3.8, 4) is 6.07 Å². The molecular formula is C10H10N2O2. The molecule has 0 radical (unpaired) electrons. The van der Waals surface area contributed by atoms with E-state index >= 15 is 0 Å². The first kappa shape index (κ1) is 10.4. The molecular weight excluding hydrogens is 180 g/mol. The summed E-state index contributed by atoms with van der Waals surface area (Å²) < 4.78 is 4.87. The van der Waals surface area contributed by atoms with E-state index < -0.39 is 5.72 Å². The maximum absolute atomic E-state index is 10.5. The summed E-state index contributed by atoms with van der Waals surface area (Å²) in [5.41, 5.74) is 5.08. The van der Waals surface area contributed by atoms with Gasteiger partial charge in [-0.15, -0.1) is 0 Å². The van der Waals surface area contributed by atoms with E-state index in [2.05, 4.69) is 0 Å². The SMILES string of the molecule is COC(N)(C#N)c1cccc(C=O)c1. The second kappa shape index (κ2) is 4.01. The minimum Gasteiger partial charge on any atom is -0.347 e. The summed E-state index contributed by atoms with van der Waals surface area (Å²) in [6, 6.07) is 8.28. The molecule has 0 spiro atoms. The van der Waals surface area contributed by atoms with Gasteiger partial charge in [0.15, 0.2) is 0 Å². The molecule has 0 saturated carbocycles. The highest BCUT2D eigenvalue weighted by atomic mass is 16.5. The first-order valence-electron chi connectivity index (χ1n) is 3.97. The maximum Gasteiger partial charge on any atom is 0.232 e. The smallest absolute Gasteiger partial charge is 0.232 e. The van der Waals surface area contributed by atoms with Gasteiger partial charge in [-0.3, -0.25) is 10.5 Å². The molecule has 2 N–H and O–H groups in total. The van der Waals surface area contributed by atoms with Crippen LogP contribution in [0.15, 0.2) is 24.3 Å². The molecule has 4 nitrogen and oxygen atoms in total. The first-order chi connectivity index (χ1) is 6.66. The number of carbonyl (C=O) groups is 1. The zero-order valence-electron chi connectivity index (χ0n) is 7.73. The van der Waals surface area contributed by atoms with Crippen molar-refractivity contribution in [1.29, 1.82) is 5.26 Å². The lowest BCUT2D eigenvalue weighted by Gasteiger charge is -2.19. The molecule has 0 aliphatic rings. The average molecular weight is 190 g/mol. The number of hydrogen-bond acceptors (Lipinski definition) is 4. The monoisotopic (exact) mass is 190 g/mol. The zero-order valence-corrected chi connectivity index (χ0v) is 7.73. The normalized spacial score (nSPS) is 14.1. The number of nitrogens with two attached hydrogens (primary N) is 1. The number of methoxy groups -OCH3 is 1. The number of aldehydes is 1. The molecule has 72 valence electrons. The van der Waals surface area contributed by atoms with Gasteiger partial charge in [0.1, 0.15) is 12.4 Å². The van der Waals surface area contributed by atoms with E-state index in [-0.39, 0.29) is 0 Å². The van der Waals surface area contributed by atoms with Gasteiger partial charge in [-0.2, -0.15) is 5.26 Å². The highest BCUT2D eigenvalue weighted by Gasteiger charge is 2.26. The average Bonchev–Trinajstić information content (AvgIpc) is 2.28. The van der Waals surface area contributed by atoms with Gasteiger partial charge in [-0.1, -0.05) is 18.2 Å². The molecule has 0 heterocycles. The molecule has 0 aromatic heterocycles. The van der Waals surface area contributed by atoms with E-state index in [4.69, 9.17) is 15.7 Å². The number of nitriles is 1. The van der Waals surface area contributed by atoms with Crippen molar-refractivity contribution < 1.29 is 9.53 Å². The summed E-state index contributed by atoms with van der Waals surface area (Å²) in [5.74, 6) is 0. The number of ether oxygens (including phenoxy) is 1. The minimum absolute atomic E-state index is 0.463. The lowest BCUT2D eigenvalue weighted by Crippen LogP contribution is -2.36. The van der Waals surface area contributed by atoms with Gasteiger partial charge in [0.25, 0.3) is 0 Å². The summed E-state index contributed by atoms with van der Waals surface area (Å²) in [5, 5.41) is 8.81. The molecule has 14 heavy (non-hydrogen) atoms. The summed E-state index contributed by atoms with van der Waals surface area (Å²) >= 11 is 0. The third-order valence-corrected chi connectivity index (χ3v) is 1.94. The Kier molecular flexibility index (Phi) is 2.97. The number of hydrogen-bond donors (Lipinski definition) is 1. The van der Waals surface area contributed by atoms with E-state index in [1.807, 2.05) is 6.07 Å². The first-order valence-corrected chi connectivity index (χ1v) is 3.97. The Bertz CT molecular complexity index is 384. The molecule has 0 fully saturated rings. The van der Waals surface area contributed by atoms with Gasteiger partial charge in [0.2, 0.25) is 5.72 Å². The molecule has 1 aromatic rings. The van der Waals surface area contributed by atoms with Gasteiger partial charge in [0, 0.05) is 18.2 Å². The van der Waals surface area contributed by atoms with Crippen LogP contribution in [0.2, 0.25) is 0 Å². The molecule has 0 aliphatic carbocycles. The molecule has 0 amide bonds. The number of rotatable bonds is 3. The zero-order chi connectivity index (χ0) is 10.6. The van der Waals surface area contributed by atoms with Crippen LogP contribution in [0.1, 0.15) is 15.9 Å². The molecule has 1 aromatic carbocycles. The summed E-state index contributed by atoms with van der Waals surface area (Å²) in [6.07, 6.45) is 0.691. The van der Waals surface area contributed by atoms with Crippen LogP contribution in [0.3, 0.4) is 0 Å². The van der Waals surface area contributed by atoms with E-state index in [0.29, 0.717) is 17.4 Å². The molecule has 1 rings (SSSR count). The van der Waals surface area contributed by atoms with Crippen molar-refractivity contribution >= 4 is 6.29 Å². The van der Waals surface area contributed by atoms with Crippen LogP contribution in [-0.2, 0) is 10.5 Å². The second-order valence-corrected chi connectivity index (χ2v) is 2.79. The molecule has 0 saturated heterocycles. The van der Waals surface area contributed by atoms with Crippen LogP contribution in [0, 0.1) is 11.3 Å². The largest absolute Gasteiger partial charge is 0.347 e. The van der Waals surface area contributed by atoms with Crippen LogP contribution in [-0.4, -0.2) is 13.4 Å². The second-order valence-electron chi connectivity index (χ2n) is 2.79. The third-order valence-electron chi connectivity index (χ3n) is 1.94. The third kappa shape index (κ3) is 1.79. The van der Waals surface area contributed by atoms with Gasteiger partial charge in [-0.05, 0) is 6.07 Å². The van der Waals surface area contributed by atoms with Crippen molar-refractivity contribution in [2.75, 3.05) is 7.11 Å². The van der Waals surface area contributed by atoms with E-state index in [0.717, 1.165) is 0 Å². The quantitative estimate of drug-likeness (QED) is 0.564. The summed E-state index contributed by atoms with van der Waals surface area (Å²) in [6.45, 7) is 0. The summed E-state index contributed by atoms with van der Waals surface area (Å²) in [7, 11) is 1.34. The maximum atomic E-state index is 10.5. The van der Waals surface area contributed by atoms with Crippen molar-refractivity contribution in [3.05, 3.63) is 35.4 Å². The number of benzene rings is 1. The van der Waals surface area contributed by atoms with Crippen molar-refractivity contribution in [2.24, 2.45) is 5.73 Å². The molecule has 0 bridgehead atoms. The fourth-order valence-electron chi connectivity index (χ4n) is 1.07. The molecule has 0 aliphatic heterocycles. The predicted molar refractivity (Wildman–Crippen MR) is 50.3 cm³/mol. The lowest BCUT2D eigenvalue weighted by atomic mass is 10.0. The molecule has 1 unspecified atom stereocenters. The van der Waals surface area contributed by atoms with E-state index in [1.54, 1.807) is 18.2 Å². The predicted octanol–water partition coefficient (Wildman–Crippen LogP) is 0.781. The Morgan fingerprint density at radius 2 is 2.36 bits per heavy atom. The van der Waals surface area contributed by atoms with Gasteiger partial charge in [0.05, 0.1) is 0 Å². The Labute approximate surface area is 81.9 Å². The topological polar surface area (TPSA) is 76.1 Å². The number of nitrogens with zero attached hydrogens (tertiary/aromatic N) is 1. The highest BCUT2D eigenvalue weighted by molar-refractivity contribution is 5.75. The lowest BCUT2D eigenvalue weighted by molar-refractivity contribution is 0.0420. The Morgan fingerprint density at radius 1 is 1.64 bits per heavy atom. The Hall–Kier alpha value is -1.70. The van der Waals surface area contributed by atoms with Crippen LogP contribution < -0.4 is 5.73 Å². The van der Waals surface area contributed by atoms with E-state index in [9.17, 15) is 4.79 Å². The van der Waals surface area contributed by atoms with Crippen molar-refractivity contribution in [3.63, 3.8) is 0 Å². The molecule has 1 atom stereocenters. The van der Waals surface area contributed by atoms with Gasteiger partial charge >= 0.3 is 0 Å². The fraction of sp³-hybridized carbons (Fsp3) is 0.200. The van der Waals surface area contributed by atoms with Crippen LogP contribution in [0.25, 0.3) is 0 Å². The van der Waals surface area contributed by atoms with Crippen LogP contribution in [0.4, 0.5) is 0 Å².